The molecule has 13 heavy (non-hydrogen) atoms. The summed E-state index contributed by atoms with van der Waals surface area (Å²) in [6.45, 7) is 1.98. The molecule has 0 aromatic carbocycles. The number of imidazole rings is 1. The molecule has 0 aliphatic heterocycles. The first kappa shape index (κ1) is 9.44. The van der Waals surface area contributed by atoms with E-state index < -0.39 is 5.97 Å². The molecule has 5 nitrogen and oxygen atoms in total. The molecule has 1 aromatic heterocycles. The highest BCUT2D eigenvalue weighted by atomic mass is 16.5. The minimum Gasteiger partial charge on any atom is -0.466 e. The maximum Gasteiger partial charge on any atom is 0.315 e. The molecule has 1 heterocycles. The number of hydrogen-bond acceptors (Lipinski definition) is 4. The van der Waals surface area contributed by atoms with Crippen molar-refractivity contribution in [1.82, 2.24) is 9.55 Å². The van der Waals surface area contributed by atoms with Crippen molar-refractivity contribution in [3.63, 3.8) is 0 Å². The van der Waals surface area contributed by atoms with Crippen LogP contribution in [0.25, 0.3) is 0 Å². The molecule has 0 atom stereocenters. The van der Waals surface area contributed by atoms with Crippen molar-refractivity contribution in [3.05, 3.63) is 18.7 Å². The summed E-state index contributed by atoms with van der Waals surface area (Å²) in [6.07, 6.45) is 4.07. The van der Waals surface area contributed by atoms with Crippen LogP contribution in [0.4, 0.5) is 0 Å². The average Bonchev–Trinajstić information content (AvgIpc) is 2.55. The summed E-state index contributed by atoms with van der Waals surface area (Å²) in [5.74, 6) is -0.850. The number of hydrogen-bond donors (Lipinski definition) is 0. The Balaban J connectivity index is 2.47. The molecule has 70 valence electrons. The second-order valence-electron chi connectivity index (χ2n) is 2.35. The largest absolute Gasteiger partial charge is 0.466 e. The SMILES string of the molecule is CCOC(=O)CC(=O)n1ccnc1. The fourth-order valence-corrected chi connectivity index (χ4v) is 0.833. The van der Waals surface area contributed by atoms with Gasteiger partial charge in [-0.25, -0.2) is 4.98 Å². The lowest BCUT2D eigenvalue weighted by molar-refractivity contribution is -0.142. The molecule has 5 heteroatoms. The second kappa shape index (κ2) is 4.39. The Morgan fingerprint density at radius 3 is 2.85 bits per heavy atom. The minimum atomic E-state index is -0.513. The highest BCUT2D eigenvalue weighted by molar-refractivity contribution is 5.95. The molecule has 0 N–H and O–H groups in total. The monoisotopic (exact) mass is 182 g/mol. The van der Waals surface area contributed by atoms with Crippen molar-refractivity contribution in [2.24, 2.45) is 0 Å². The number of carbonyl (C=O) groups excluding carboxylic acids is 2. The fourth-order valence-electron chi connectivity index (χ4n) is 0.833. The van der Waals surface area contributed by atoms with Crippen LogP contribution >= 0.6 is 0 Å². The van der Waals surface area contributed by atoms with E-state index in [0.717, 1.165) is 0 Å². The second-order valence-corrected chi connectivity index (χ2v) is 2.35. The fraction of sp³-hybridized carbons (Fsp3) is 0.375. The van der Waals surface area contributed by atoms with Crippen LogP contribution in [0, 0.1) is 0 Å². The van der Waals surface area contributed by atoms with Gasteiger partial charge in [0.15, 0.2) is 0 Å². The summed E-state index contributed by atoms with van der Waals surface area (Å²) >= 11 is 0. The van der Waals surface area contributed by atoms with Gasteiger partial charge in [-0.1, -0.05) is 0 Å². The molecule has 0 saturated carbocycles. The maximum atomic E-state index is 11.2. The number of ether oxygens (including phenoxy) is 1. The Morgan fingerprint density at radius 1 is 1.54 bits per heavy atom. The first-order chi connectivity index (χ1) is 6.24. The summed E-state index contributed by atoms with van der Waals surface area (Å²) in [5.41, 5.74) is 0. The van der Waals surface area contributed by atoms with E-state index in [1.807, 2.05) is 0 Å². The van der Waals surface area contributed by atoms with Crippen molar-refractivity contribution in [2.75, 3.05) is 6.61 Å². The van der Waals surface area contributed by atoms with Crippen LogP contribution in [0.1, 0.15) is 18.1 Å². The molecule has 0 radical (unpaired) electrons. The number of rotatable bonds is 3. The quantitative estimate of drug-likeness (QED) is 0.503. The molecule has 0 spiro atoms. The number of esters is 1. The van der Waals surface area contributed by atoms with E-state index in [4.69, 9.17) is 0 Å². The van der Waals surface area contributed by atoms with Crippen LogP contribution in [-0.4, -0.2) is 28.0 Å². The van der Waals surface area contributed by atoms with E-state index in [1.54, 1.807) is 6.92 Å². The lowest BCUT2D eigenvalue weighted by atomic mass is 10.4. The van der Waals surface area contributed by atoms with E-state index in [1.165, 1.54) is 23.3 Å². The Hall–Kier alpha value is -1.65. The smallest absolute Gasteiger partial charge is 0.315 e. The number of carbonyl (C=O) groups is 2. The predicted octanol–water partition coefficient (Wildman–Crippen LogP) is 0.477. The lowest BCUT2D eigenvalue weighted by Crippen LogP contribution is -2.15. The standard InChI is InChI=1S/C8H10N2O3/c1-2-13-8(12)5-7(11)10-4-3-9-6-10/h3-4,6H,2,5H2,1H3. The Labute approximate surface area is 75.3 Å². The average molecular weight is 182 g/mol. The summed E-state index contributed by atoms with van der Waals surface area (Å²) in [7, 11) is 0. The van der Waals surface area contributed by atoms with Crippen LogP contribution < -0.4 is 0 Å². The highest BCUT2D eigenvalue weighted by Gasteiger charge is 2.10. The molecule has 0 fully saturated rings. The molecule has 0 aliphatic carbocycles. The zero-order valence-corrected chi connectivity index (χ0v) is 7.27. The number of aromatic nitrogens is 2. The van der Waals surface area contributed by atoms with E-state index in [9.17, 15) is 9.59 Å². The van der Waals surface area contributed by atoms with Crippen molar-refractivity contribution in [2.45, 2.75) is 13.3 Å². The van der Waals surface area contributed by atoms with E-state index >= 15 is 0 Å². The van der Waals surface area contributed by atoms with Crippen LogP contribution in [-0.2, 0) is 9.53 Å². The van der Waals surface area contributed by atoms with Gasteiger partial charge in [-0.3, -0.25) is 14.2 Å². The molecular weight excluding hydrogens is 172 g/mol. The van der Waals surface area contributed by atoms with Crippen LogP contribution in [0.15, 0.2) is 18.7 Å². The Morgan fingerprint density at radius 2 is 2.31 bits per heavy atom. The summed E-state index contributed by atoms with van der Waals surface area (Å²) in [6, 6.07) is 0. The first-order valence-electron chi connectivity index (χ1n) is 3.90. The van der Waals surface area contributed by atoms with Gasteiger partial charge < -0.3 is 4.74 Å². The van der Waals surface area contributed by atoms with Gasteiger partial charge in [0.25, 0.3) is 0 Å². The van der Waals surface area contributed by atoms with Gasteiger partial charge >= 0.3 is 5.97 Å². The summed E-state index contributed by atoms with van der Waals surface area (Å²) in [5, 5.41) is 0. The summed E-state index contributed by atoms with van der Waals surface area (Å²) < 4.78 is 5.86. The van der Waals surface area contributed by atoms with Gasteiger partial charge in [0.2, 0.25) is 5.91 Å². The first-order valence-corrected chi connectivity index (χ1v) is 3.90. The Bertz CT molecular complexity index is 292. The third-order valence-corrected chi connectivity index (χ3v) is 1.39. The van der Waals surface area contributed by atoms with Gasteiger partial charge in [-0.05, 0) is 6.92 Å². The lowest BCUT2D eigenvalue weighted by Gasteiger charge is -2.00. The van der Waals surface area contributed by atoms with Gasteiger partial charge in [0.1, 0.15) is 12.7 Å². The minimum absolute atomic E-state index is 0.246. The van der Waals surface area contributed by atoms with E-state index in [0.29, 0.717) is 0 Å². The molecule has 1 rings (SSSR count). The molecule has 1 aromatic rings. The van der Waals surface area contributed by atoms with Crippen molar-refractivity contribution in [1.29, 1.82) is 0 Å². The van der Waals surface area contributed by atoms with Crippen LogP contribution in [0.5, 0.6) is 0 Å². The van der Waals surface area contributed by atoms with E-state index in [-0.39, 0.29) is 18.9 Å². The topological polar surface area (TPSA) is 61.2 Å². The van der Waals surface area contributed by atoms with Gasteiger partial charge in [0, 0.05) is 12.4 Å². The molecular formula is C8H10N2O3. The van der Waals surface area contributed by atoms with Crippen molar-refractivity contribution in [3.8, 4) is 0 Å². The Kier molecular flexibility index (Phi) is 3.19. The maximum absolute atomic E-state index is 11.2. The van der Waals surface area contributed by atoms with E-state index in [2.05, 4.69) is 9.72 Å². The third kappa shape index (κ3) is 2.70. The molecule has 0 amide bonds. The third-order valence-electron chi connectivity index (χ3n) is 1.39. The molecule has 0 unspecified atom stereocenters. The molecule has 0 saturated heterocycles. The van der Waals surface area contributed by atoms with Crippen LogP contribution in [0.2, 0.25) is 0 Å². The molecule has 0 aliphatic rings. The normalized spacial score (nSPS) is 9.62. The van der Waals surface area contributed by atoms with Crippen LogP contribution in [0.3, 0.4) is 0 Å². The summed E-state index contributed by atoms with van der Waals surface area (Å²) in [4.78, 5) is 25.8. The van der Waals surface area contributed by atoms with Gasteiger partial charge in [0.05, 0.1) is 6.61 Å². The number of nitrogens with zero attached hydrogens (tertiary/aromatic N) is 2. The van der Waals surface area contributed by atoms with Crippen molar-refractivity contribution >= 4 is 11.9 Å². The van der Waals surface area contributed by atoms with Gasteiger partial charge in [-0.15, -0.1) is 0 Å². The zero-order chi connectivity index (χ0) is 9.68. The predicted molar refractivity (Wildman–Crippen MR) is 44.1 cm³/mol. The van der Waals surface area contributed by atoms with Gasteiger partial charge in [-0.2, -0.15) is 0 Å². The highest BCUT2D eigenvalue weighted by Crippen LogP contribution is 1.93. The van der Waals surface area contributed by atoms with Crippen molar-refractivity contribution < 1.29 is 14.3 Å². The molecule has 0 bridgehead atoms. The zero-order valence-electron chi connectivity index (χ0n) is 7.27.